The van der Waals surface area contributed by atoms with Crippen LogP contribution in [-0.2, 0) is 15.3 Å². The molecule has 12 heteroatoms. The van der Waals surface area contributed by atoms with Crippen LogP contribution in [0.4, 0.5) is 9.52 Å². The maximum absolute atomic E-state index is 14.4. The van der Waals surface area contributed by atoms with Gasteiger partial charge in [-0.3, -0.25) is 14.5 Å². The van der Waals surface area contributed by atoms with E-state index in [9.17, 15) is 19.1 Å². The Morgan fingerprint density at radius 2 is 1.85 bits per heavy atom. The van der Waals surface area contributed by atoms with Crippen LogP contribution in [0.25, 0.3) is 5.76 Å². The Labute approximate surface area is 253 Å². The fourth-order valence-corrected chi connectivity index (χ4v) is 6.72. The van der Waals surface area contributed by atoms with E-state index in [2.05, 4.69) is 10.2 Å². The number of nitrogens with zero attached hydrogens (tertiary/aromatic N) is 3. The molecule has 0 bridgehead atoms. The quantitative estimate of drug-likeness (QED) is 0.0705. The molecule has 0 spiro atoms. The highest BCUT2D eigenvalue weighted by Gasteiger charge is 2.48. The Morgan fingerprint density at radius 1 is 1.10 bits per heavy atom. The number of aryl methyl sites for hydroxylation is 1. The third-order valence-corrected chi connectivity index (χ3v) is 9.06. The minimum absolute atomic E-state index is 0.0791. The van der Waals surface area contributed by atoms with Crippen molar-refractivity contribution in [3.8, 4) is 5.75 Å². The van der Waals surface area contributed by atoms with Gasteiger partial charge in [-0.1, -0.05) is 76.6 Å². The van der Waals surface area contributed by atoms with Crippen LogP contribution >= 0.6 is 46.3 Å². The zero-order valence-corrected chi connectivity index (χ0v) is 24.9. The average Bonchev–Trinajstić information content (AvgIpc) is 3.52. The molecule has 1 fully saturated rings. The standard InChI is InChI=1S/C29H22Cl2FN3O4S2/c1-3-39-20-10-7-16(8-11-20)24-23(25(36)17-5-4-15(2)22(32)12-17)26(37)27(38)35(24)28-33-34-29(41-28)40-14-18-6-9-19(30)13-21(18)31/h4-13,24,36H,3,14H2,1-2H3/b25-23-. The molecular formula is C29H22Cl2FN3O4S2. The summed E-state index contributed by atoms with van der Waals surface area (Å²) >= 11 is 14.8. The monoisotopic (exact) mass is 629 g/mol. The molecule has 1 aliphatic heterocycles. The molecular weight excluding hydrogens is 608 g/mol. The normalized spacial score (nSPS) is 16.4. The summed E-state index contributed by atoms with van der Waals surface area (Å²) in [5, 5.41) is 20.9. The Hall–Kier alpha value is -3.44. The maximum atomic E-state index is 14.4. The zero-order chi connectivity index (χ0) is 29.3. The van der Waals surface area contributed by atoms with E-state index in [4.69, 9.17) is 27.9 Å². The van der Waals surface area contributed by atoms with E-state index in [0.29, 0.717) is 43.6 Å². The number of rotatable bonds is 8. The Morgan fingerprint density at radius 3 is 2.54 bits per heavy atom. The Kier molecular flexibility index (Phi) is 8.65. The largest absolute Gasteiger partial charge is 0.507 e. The van der Waals surface area contributed by atoms with Gasteiger partial charge in [0.2, 0.25) is 5.13 Å². The average molecular weight is 631 g/mol. The first-order valence-corrected chi connectivity index (χ1v) is 14.9. The lowest BCUT2D eigenvalue weighted by Crippen LogP contribution is -2.29. The molecule has 41 heavy (non-hydrogen) atoms. The number of carbonyl (C=O) groups excluding carboxylic acids is 2. The third-order valence-electron chi connectivity index (χ3n) is 6.36. The number of aliphatic hydroxyl groups is 1. The van der Waals surface area contributed by atoms with Crippen molar-refractivity contribution < 1.29 is 23.8 Å². The number of anilines is 1. The number of aliphatic hydroxyl groups excluding tert-OH is 1. The van der Waals surface area contributed by atoms with Gasteiger partial charge in [0.1, 0.15) is 17.3 Å². The molecule has 1 N–H and O–H groups in total. The van der Waals surface area contributed by atoms with Crippen LogP contribution in [0.1, 0.15) is 35.2 Å². The molecule has 1 aliphatic rings. The van der Waals surface area contributed by atoms with Gasteiger partial charge in [0, 0.05) is 21.4 Å². The highest BCUT2D eigenvalue weighted by atomic mass is 35.5. The summed E-state index contributed by atoms with van der Waals surface area (Å²) in [7, 11) is 0. The van der Waals surface area contributed by atoms with Gasteiger partial charge in [-0.2, -0.15) is 0 Å². The minimum atomic E-state index is -1.04. The lowest BCUT2D eigenvalue weighted by atomic mass is 9.95. The van der Waals surface area contributed by atoms with E-state index >= 15 is 0 Å². The maximum Gasteiger partial charge on any atom is 0.301 e. The molecule has 0 radical (unpaired) electrons. The summed E-state index contributed by atoms with van der Waals surface area (Å²) in [5.41, 5.74) is 1.65. The van der Waals surface area contributed by atoms with Crippen LogP contribution < -0.4 is 9.64 Å². The van der Waals surface area contributed by atoms with Crippen molar-refractivity contribution in [2.75, 3.05) is 11.5 Å². The van der Waals surface area contributed by atoms with Crippen molar-refractivity contribution in [3.63, 3.8) is 0 Å². The highest BCUT2D eigenvalue weighted by molar-refractivity contribution is 8.00. The Balaban J connectivity index is 1.54. The number of benzene rings is 3. The van der Waals surface area contributed by atoms with Crippen molar-refractivity contribution in [2.45, 2.75) is 30.0 Å². The van der Waals surface area contributed by atoms with Gasteiger partial charge in [-0.25, -0.2) is 4.39 Å². The topological polar surface area (TPSA) is 92.6 Å². The molecule has 1 aromatic heterocycles. The number of Topliss-reactive ketones (excluding diaryl/α,β-unsaturated/α-hetero) is 1. The second-order valence-electron chi connectivity index (χ2n) is 9.01. The second kappa shape index (κ2) is 12.2. The lowest BCUT2D eigenvalue weighted by molar-refractivity contribution is -0.132. The van der Waals surface area contributed by atoms with Gasteiger partial charge < -0.3 is 9.84 Å². The van der Waals surface area contributed by atoms with Gasteiger partial charge >= 0.3 is 5.91 Å². The summed E-state index contributed by atoms with van der Waals surface area (Å²) in [5.74, 6) is -1.76. The van der Waals surface area contributed by atoms with E-state index < -0.39 is 29.3 Å². The van der Waals surface area contributed by atoms with Crippen LogP contribution in [0.3, 0.4) is 0 Å². The molecule has 7 nitrogen and oxygen atoms in total. The summed E-state index contributed by atoms with van der Waals surface area (Å²) < 4.78 is 20.5. The highest BCUT2D eigenvalue weighted by Crippen LogP contribution is 2.44. The van der Waals surface area contributed by atoms with Crippen LogP contribution in [0.5, 0.6) is 5.75 Å². The Bertz CT molecular complexity index is 1680. The zero-order valence-electron chi connectivity index (χ0n) is 21.7. The number of amides is 1. The second-order valence-corrected chi connectivity index (χ2v) is 12.0. The lowest BCUT2D eigenvalue weighted by Gasteiger charge is -2.22. The van der Waals surface area contributed by atoms with Crippen LogP contribution in [0, 0.1) is 12.7 Å². The molecule has 1 atom stereocenters. The molecule has 0 saturated carbocycles. The SMILES string of the molecule is CCOc1ccc(C2/C(=C(/O)c3ccc(C)c(F)c3)C(=O)C(=O)N2c2nnc(SCc3ccc(Cl)cc3Cl)s2)cc1. The number of aromatic nitrogens is 2. The number of ether oxygens (including phenoxy) is 1. The predicted octanol–water partition coefficient (Wildman–Crippen LogP) is 7.61. The fraction of sp³-hybridized carbons (Fsp3) is 0.172. The van der Waals surface area contributed by atoms with Crippen molar-refractivity contribution >= 4 is 68.9 Å². The molecule has 4 aromatic rings. The summed E-state index contributed by atoms with van der Waals surface area (Å²) in [6.07, 6.45) is 0. The number of hydrogen-bond donors (Lipinski definition) is 1. The van der Waals surface area contributed by atoms with Crippen LogP contribution in [-0.4, -0.2) is 33.6 Å². The predicted molar refractivity (Wildman–Crippen MR) is 159 cm³/mol. The molecule has 0 aliphatic carbocycles. The van der Waals surface area contributed by atoms with Gasteiger partial charge in [0.25, 0.3) is 5.78 Å². The molecule has 1 amide bonds. The van der Waals surface area contributed by atoms with E-state index in [0.717, 1.165) is 23.0 Å². The van der Waals surface area contributed by atoms with Gasteiger partial charge in [-0.05, 0) is 60.9 Å². The minimum Gasteiger partial charge on any atom is -0.507 e. The molecule has 210 valence electrons. The van der Waals surface area contributed by atoms with Gasteiger partial charge in [0.05, 0.1) is 18.2 Å². The van der Waals surface area contributed by atoms with Gasteiger partial charge in [0.15, 0.2) is 4.34 Å². The first kappa shape index (κ1) is 29.1. The van der Waals surface area contributed by atoms with Crippen molar-refractivity contribution in [3.05, 3.63) is 104 Å². The number of carbonyl (C=O) groups is 2. The number of ketones is 1. The van der Waals surface area contributed by atoms with Gasteiger partial charge in [-0.15, -0.1) is 10.2 Å². The molecule has 1 saturated heterocycles. The molecule has 2 heterocycles. The van der Waals surface area contributed by atoms with E-state index in [1.165, 1.54) is 28.8 Å². The van der Waals surface area contributed by atoms with E-state index in [1.54, 1.807) is 43.3 Å². The van der Waals surface area contributed by atoms with E-state index in [1.807, 2.05) is 13.0 Å². The number of thioether (sulfide) groups is 1. The summed E-state index contributed by atoms with van der Waals surface area (Å²) in [6, 6.07) is 15.1. The third kappa shape index (κ3) is 5.97. The van der Waals surface area contributed by atoms with E-state index in [-0.39, 0.29) is 16.3 Å². The molecule has 3 aromatic carbocycles. The first-order chi connectivity index (χ1) is 19.7. The van der Waals surface area contributed by atoms with Crippen molar-refractivity contribution in [2.24, 2.45) is 0 Å². The number of hydrogen-bond acceptors (Lipinski definition) is 8. The molecule has 1 unspecified atom stereocenters. The summed E-state index contributed by atoms with van der Waals surface area (Å²) in [4.78, 5) is 28.0. The fourth-order valence-electron chi connectivity index (χ4n) is 4.29. The first-order valence-electron chi connectivity index (χ1n) is 12.4. The van der Waals surface area contributed by atoms with Crippen molar-refractivity contribution in [1.82, 2.24) is 10.2 Å². The summed E-state index contributed by atoms with van der Waals surface area (Å²) in [6.45, 7) is 3.91. The smallest absolute Gasteiger partial charge is 0.301 e. The van der Waals surface area contributed by atoms with Crippen molar-refractivity contribution in [1.29, 1.82) is 0 Å². The molecule has 5 rings (SSSR count). The van der Waals surface area contributed by atoms with Crippen LogP contribution in [0.2, 0.25) is 10.0 Å². The number of halogens is 3. The van der Waals surface area contributed by atoms with Crippen LogP contribution in [0.15, 0.2) is 70.6 Å².